The topological polar surface area (TPSA) is 3.88 Å². The third-order valence-electron chi connectivity index (χ3n) is 5.77. The van der Waals surface area contributed by atoms with Crippen molar-refractivity contribution in [2.75, 3.05) is 0 Å². The summed E-state index contributed by atoms with van der Waals surface area (Å²) in [4.78, 5) is 0. The molecule has 1 heterocycles. The summed E-state index contributed by atoms with van der Waals surface area (Å²) < 4.78 is 34.2. The molecule has 0 bridgehead atoms. The van der Waals surface area contributed by atoms with Crippen LogP contribution in [0.1, 0.15) is 61.3 Å². The van der Waals surface area contributed by atoms with Crippen molar-refractivity contribution >= 4 is 0 Å². The van der Waals surface area contributed by atoms with Crippen molar-refractivity contribution in [3.63, 3.8) is 0 Å². The lowest BCUT2D eigenvalue weighted by Crippen LogP contribution is -2.32. The molecule has 1 aliphatic rings. The quantitative estimate of drug-likeness (QED) is 0.507. The number of hydrogen-bond acceptors (Lipinski definition) is 0. The number of nitrogens with zero attached hydrogens (tertiary/aromatic N) is 1. The van der Waals surface area contributed by atoms with Gasteiger partial charge in [0.05, 0.1) is 5.56 Å². The van der Waals surface area contributed by atoms with Crippen molar-refractivity contribution in [3.8, 4) is 22.4 Å². The van der Waals surface area contributed by atoms with Gasteiger partial charge in [-0.25, -0.2) is 4.57 Å². The van der Waals surface area contributed by atoms with E-state index in [-0.39, 0.29) is 5.41 Å². The summed E-state index contributed by atoms with van der Waals surface area (Å²) in [7, 11) is 1.98. The molecule has 0 saturated carbocycles. The fourth-order valence-electron chi connectivity index (χ4n) is 4.36. The Morgan fingerprint density at radius 1 is 1.08 bits per heavy atom. The Morgan fingerprint density at radius 3 is 2.62 bits per heavy atom. The van der Waals surface area contributed by atoms with Gasteiger partial charge in [-0.2, -0.15) is 0 Å². The molecule has 1 aliphatic carbocycles. The van der Waals surface area contributed by atoms with Crippen LogP contribution in [0.4, 0.5) is 0 Å². The van der Waals surface area contributed by atoms with E-state index >= 15 is 0 Å². The highest BCUT2D eigenvalue weighted by molar-refractivity contribution is 5.88. The molecule has 4 rings (SSSR count). The van der Waals surface area contributed by atoms with Crippen LogP contribution in [-0.2, 0) is 12.5 Å². The van der Waals surface area contributed by atoms with Gasteiger partial charge in [0.2, 0.25) is 5.69 Å². The number of pyridine rings is 1. The van der Waals surface area contributed by atoms with Gasteiger partial charge < -0.3 is 0 Å². The number of rotatable bonds is 2. The Bertz CT molecular complexity index is 1160. The Labute approximate surface area is 163 Å². The largest absolute Gasteiger partial charge is 0.213 e. The zero-order chi connectivity index (χ0) is 22.1. The monoisotopic (exact) mass is 346 g/mol. The SMILES string of the molecule is [2H]C([2H])([2H])C([2H])(C)c1cc[n+](C)c(-c2c(C)ccc3c2C(C)(C)c2ccccc2-3)c1. The van der Waals surface area contributed by atoms with E-state index in [9.17, 15) is 0 Å². The van der Waals surface area contributed by atoms with Gasteiger partial charge in [-0.3, -0.25) is 0 Å². The highest BCUT2D eigenvalue weighted by Gasteiger charge is 2.39. The van der Waals surface area contributed by atoms with Gasteiger partial charge in [0.15, 0.2) is 6.20 Å². The molecule has 1 heteroatoms. The molecule has 0 aliphatic heterocycles. The Morgan fingerprint density at radius 2 is 1.85 bits per heavy atom. The summed E-state index contributed by atoms with van der Waals surface area (Å²) in [5.41, 5.74) is 8.57. The number of aromatic nitrogens is 1. The van der Waals surface area contributed by atoms with E-state index in [1.54, 1.807) is 6.07 Å². The van der Waals surface area contributed by atoms with Crippen molar-refractivity contribution in [2.45, 2.75) is 45.9 Å². The molecule has 3 aromatic rings. The third-order valence-corrected chi connectivity index (χ3v) is 5.77. The smallest absolute Gasteiger partial charge is 0.201 e. The van der Waals surface area contributed by atoms with Crippen LogP contribution in [0.2, 0.25) is 0 Å². The van der Waals surface area contributed by atoms with E-state index in [2.05, 4.69) is 57.2 Å². The van der Waals surface area contributed by atoms with Crippen molar-refractivity contribution in [3.05, 3.63) is 77.0 Å². The first-order valence-corrected chi connectivity index (χ1v) is 9.12. The van der Waals surface area contributed by atoms with Gasteiger partial charge in [0.25, 0.3) is 0 Å². The minimum atomic E-state index is -2.41. The second-order valence-electron chi connectivity index (χ2n) is 7.89. The Kier molecular flexibility index (Phi) is 2.87. The molecule has 0 fully saturated rings. The zero-order valence-electron chi connectivity index (χ0n) is 20.1. The minimum absolute atomic E-state index is 0.176. The van der Waals surface area contributed by atoms with E-state index in [0.717, 1.165) is 16.8 Å². The molecule has 26 heavy (non-hydrogen) atoms. The molecule has 2 aromatic carbocycles. The van der Waals surface area contributed by atoms with Crippen LogP contribution >= 0.6 is 0 Å². The van der Waals surface area contributed by atoms with Crippen molar-refractivity contribution in [1.29, 1.82) is 0 Å². The molecule has 0 radical (unpaired) electrons. The molecule has 0 spiro atoms. The second kappa shape index (κ2) is 5.81. The maximum Gasteiger partial charge on any atom is 0.213 e. The van der Waals surface area contributed by atoms with Gasteiger partial charge in [-0.15, -0.1) is 0 Å². The van der Waals surface area contributed by atoms with Crippen LogP contribution in [0, 0.1) is 6.92 Å². The highest BCUT2D eigenvalue weighted by Crippen LogP contribution is 2.52. The first-order valence-electron chi connectivity index (χ1n) is 11.1. The number of aryl methyl sites for hydroxylation is 2. The third kappa shape index (κ3) is 2.34. The van der Waals surface area contributed by atoms with Crippen molar-refractivity contribution in [2.24, 2.45) is 7.05 Å². The zero-order valence-corrected chi connectivity index (χ0v) is 16.1. The van der Waals surface area contributed by atoms with E-state index in [4.69, 9.17) is 5.48 Å². The molecular weight excluding hydrogens is 314 g/mol. The fraction of sp³-hybridized carbons (Fsp3) is 0.320. The number of fused-ring (bicyclic) bond motifs is 3. The summed E-state index contributed by atoms with van der Waals surface area (Å²) in [6, 6.07) is 16.5. The summed E-state index contributed by atoms with van der Waals surface area (Å²) in [6.45, 7) is 5.67. The molecule has 0 N–H and O–H groups in total. The molecular formula is C25H28N+. The maximum absolute atomic E-state index is 8.57. The minimum Gasteiger partial charge on any atom is -0.201 e. The van der Waals surface area contributed by atoms with Crippen LogP contribution in [-0.4, -0.2) is 0 Å². The van der Waals surface area contributed by atoms with Gasteiger partial charge in [0.1, 0.15) is 7.05 Å². The second-order valence-corrected chi connectivity index (χ2v) is 7.89. The molecule has 1 unspecified atom stereocenters. The average Bonchev–Trinajstić information content (AvgIpc) is 2.89. The molecule has 1 aromatic heterocycles. The van der Waals surface area contributed by atoms with Crippen molar-refractivity contribution in [1.82, 2.24) is 0 Å². The summed E-state index contributed by atoms with van der Waals surface area (Å²) in [5.74, 6) is -1.68. The summed E-state index contributed by atoms with van der Waals surface area (Å²) in [5, 5.41) is 0. The predicted molar refractivity (Wildman–Crippen MR) is 109 cm³/mol. The molecule has 1 atom stereocenters. The lowest BCUT2D eigenvalue weighted by atomic mass is 9.78. The van der Waals surface area contributed by atoms with Gasteiger partial charge in [0, 0.05) is 23.0 Å². The molecule has 132 valence electrons. The summed E-state index contributed by atoms with van der Waals surface area (Å²) >= 11 is 0. The Balaban J connectivity index is 2.02. The first-order chi connectivity index (χ1) is 13.9. The lowest BCUT2D eigenvalue weighted by Gasteiger charge is -2.24. The number of benzene rings is 2. The van der Waals surface area contributed by atoms with Gasteiger partial charge >= 0.3 is 0 Å². The first kappa shape index (κ1) is 12.9. The molecule has 0 saturated heterocycles. The maximum atomic E-state index is 8.57. The van der Waals surface area contributed by atoms with Crippen LogP contribution in [0.3, 0.4) is 0 Å². The van der Waals surface area contributed by atoms with Crippen molar-refractivity contribution < 1.29 is 10.1 Å². The normalized spacial score (nSPS) is 19.4. The lowest BCUT2D eigenvalue weighted by molar-refractivity contribution is -0.660. The van der Waals surface area contributed by atoms with Gasteiger partial charge in [-0.1, -0.05) is 64.0 Å². The van der Waals surface area contributed by atoms with Gasteiger partial charge in [-0.05, 0) is 46.2 Å². The standard InChI is InChI=1S/C25H28N/c1-16(2)18-13-14-26(6)22(15-18)23-17(3)11-12-20-19-9-7-8-10-21(19)25(4,5)24(20)23/h7-16H,1-6H3/q+1/i1D3,16D. The predicted octanol–water partition coefficient (Wildman–Crippen LogP) is 5.92. The van der Waals surface area contributed by atoms with E-state index < -0.39 is 12.7 Å². The van der Waals surface area contributed by atoms with E-state index in [0.29, 0.717) is 5.56 Å². The van der Waals surface area contributed by atoms with Crippen LogP contribution in [0.25, 0.3) is 22.4 Å². The van der Waals surface area contributed by atoms with Crippen LogP contribution in [0.5, 0.6) is 0 Å². The summed E-state index contributed by atoms with van der Waals surface area (Å²) in [6.07, 6.45) is 1.87. The molecule has 1 nitrogen and oxygen atoms in total. The average molecular weight is 347 g/mol. The number of hydrogen-bond donors (Lipinski definition) is 0. The highest BCUT2D eigenvalue weighted by atomic mass is 14.9. The molecule has 0 amide bonds. The fourth-order valence-corrected chi connectivity index (χ4v) is 4.36. The Hall–Kier alpha value is -2.41. The van der Waals surface area contributed by atoms with E-state index in [1.165, 1.54) is 29.2 Å². The van der Waals surface area contributed by atoms with Crippen LogP contribution < -0.4 is 4.57 Å². The van der Waals surface area contributed by atoms with Crippen LogP contribution in [0.15, 0.2) is 54.7 Å². The van der Waals surface area contributed by atoms with E-state index in [1.807, 2.05) is 23.9 Å².